The number of carbonyl (C=O) groups is 1. The summed E-state index contributed by atoms with van der Waals surface area (Å²) in [6.07, 6.45) is 2.39. The minimum absolute atomic E-state index is 0.138. The molecule has 2 rings (SSSR count). The third-order valence-electron chi connectivity index (χ3n) is 3.09. The summed E-state index contributed by atoms with van der Waals surface area (Å²) in [6.45, 7) is 4.50. The number of rotatable bonds is 6. The van der Waals surface area contributed by atoms with E-state index in [2.05, 4.69) is 18.0 Å². The number of carboxylic acids is 1. The standard InChI is InChI=1S/C15H17NO3S/c1-10-4-3-5-13(11(10)2)19-9-14-16-8-12(20-14)6-7-15(17)18/h3-5,8H,6-7,9H2,1-2H3,(H,17,18). The zero-order chi connectivity index (χ0) is 14.5. The Hall–Kier alpha value is -1.88. The summed E-state index contributed by atoms with van der Waals surface area (Å²) >= 11 is 1.50. The fourth-order valence-electron chi connectivity index (χ4n) is 1.78. The monoisotopic (exact) mass is 291 g/mol. The van der Waals surface area contributed by atoms with E-state index < -0.39 is 5.97 Å². The molecule has 2 aromatic rings. The Balaban J connectivity index is 1.94. The lowest BCUT2D eigenvalue weighted by molar-refractivity contribution is -0.136. The van der Waals surface area contributed by atoms with Gasteiger partial charge in [0.25, 0.3) is 0 Å². The Bertz CT molecular complexity index is 607. The number of aryl methyl sites for hydroxylation is 2. The van der Waals surface area contributed by atoms with Gasteiger partial charge in [-0.15, -0.1) is 11.3 Å². The van der Waals surface area contributed by atoms with Crippen LogP contribution in [0.15, 0.2) is 24.4 Å². The normalized spacial score (nSPS) is 10.5. The predicted octanol–water partition coefficient (Wildman–Crippen LogP) is 3.36. The van der Waals surface area contributed by atoms with Gasteiger partial charge >= 0.3 is 5.97 Å². The molecule has 106 valence electrons. The number of benzene rings is 1. The maximum absolute atomic E-state index is 10.5. The summed E-state index contributed by atoms with van der Waals surface area (Å²) < 4.78 is 5.77. The van der Waals surface area contributed by atoms with Crippen molar-refractivity contribution in [2.24, 2.45) is 0 Å². The van der Waals surface area contributed by atoms with Gasteiger partial charge in [-0.05, 0) is 37.5 Å². The van der Waals surface area contributed by atoms with Crippen molar-refractivity contribution in [3.8, 4) is 5.75 Å². The van der Waals surface area contributed by atoms with E-state index in [0.29, 0.717) is 13.0 Å². The van der Waals surface area contributed by atoms with Crippen molar-refractivity contribution < 1.29 is 14.6 Å². The number of ether oxygens (including phenoxy) is 1. The molecule has 0 aliphatic carbocycles. The minimum atomic E-state index is -0.786. The number of carboxylic acid groups (broad SMARTS) is 1. The molecule has 20 heavy (non-hydrogen) atoms. The molecule has 0 aliphatic rings. The van der Waals surface area contributed by atoms with Gasteiger partial charge in [0.1, 0.15) is 17.4 Å². The molecule has 0 saturated carbocycles. The first kappa shape index (κ1) is 14.5. The summed E-state index contributed by atoms with van der Waals surface area (Å²) in [5, 5.41) is 9.52. The number of aliphatic carboxylic acids is 1. The van der Waals surface area contributed by atoms with Crippen LogP contribution in [-0.2, 0) is 17.8 Å². The van der Waals surface area contributed by atoms with E-state index in [1.807, 2.05) is 19.1 Å². The second-order valence-corrected chi connectivity index (χ2v) is 5.80. The van der Waals surface area contributed by atoms with E-state index in [1.165, 1.54) is 16.9 Å². The molecule has 0 aliphatic heterocycles. The molecule has 0 fully saturated rings. The number of thiazole rings is 1. The van der Waals surface area contributed by atoms with Gasteiger partial charge in [-0.2, -0.15) is 0 Å². The van der Waals surface area contributed by atoms with E-state index in [-0.39, 0.29) is 6.42 Å². The summed E-state index contributed by atoms with van der Waals surface area (Å²) in [5.41, 5.74) is 2.33. The molecule has 4 nitrogen and oxygen atoms in total. The van der Waals surface area contributed by atoms with Crippen LogP contribution < -0.4 is 4.74 Å². The van der Waals surface area contributed by atoms with Crippen LogP contribution >= 0.6 is 11.3 Å². The summed E-state index contributed by atoms with van der Waals surface area (Å²) in [7, 11) is 0. The lowest BCUT2D eigenvalue weighted by Crippen LogP contribution is -1.97. The molecule has 1 aromatic heterocycles. The third kappa shape index (κ3) is 3.81. The largest absolute Gasteiger partial charge is 0.486 e. The zero-order valence-corrected chi connectivity index (χ0v) is 12.4. The Morgan fingerprint density at radius 1 is 1.40 bits per heavy atom. The van der Waals surface area contributed by atoms with Crippen molar-refractivity contribution in [3.05, 3.63) is 45.4 Å². The first-order valence-corrected chi connectivity index (χ1v) is 7.22. The highest BCUT2D eigenvalue weighted by Gasteiger charge is 2.07. The average Bonchev–Trinajstić information content (AvgIpc) is 2.86. The molecule has 1 aromatic carbocycles. The molecule has 0 unspecified atom stereocenters. The fraction of sp³-hybridized carbons (Fsp3) is 0.333. The molecule has 0 amide bonds. The Morgan fingerprint density at radius 2 is 2.20 bits per heavy atom. The average molecular weight is 291 g/mol. The Kier molecular flexibility index (Phi) is 4.74. The molecule has 0 radical (unpaired) electrons. The minimum Gasteiger partial charge on any atom is -0.486 e. The highest BCUT2D eigenvalue weighted by molar-refractivity contribution is 7.11. The second-order valence-electron chi connectivity index (χ2n) is 4.60. The van der Waals surface area contributed by atoms with E-state index in [4.69, 9.17) is 9.84 Å². The van der Waals surface area contributed by atoms with E-state index in [9.17, 15) is 4.79 Å². The first-order valence-electron chi connectivity index (χ1n) is 6.40. The van der Waals surface area contributed by atoms with Crippen LogP contribution in [0.3, 0.4) is 0 Å². The van der Waals surface area contributed by atoms with E-state index in [0.717, 1.165) is 21.2 Å². The highest BCUT2D eigenvalue weighted by Crippen LogP contribution is 2.23. The van der Waals surface area contributed by atoms with Crippen LogP contribution in [0, 0.1) is 13.8 Å². The quantitative estimate of drug-likeness (QED) is 0.886. The van der Waals surface area contributed by atoms with Crippen molar-refractivity contribution in [2.75, 3.05) is 0 Å². The van der Waals surface area contributed by atoms with Crippen LogP contribution in [0.4, 0.5) is 0 Å². The number of aromatic nitrogens is 1. The van der Waals surface area contributed by atoms with Gasteiger partial charge < -0.3 is 9.84 Å². The van der Waals surface area contributed by atoms with Crippen LogP contribution in [0.5, 0.6) is 5.75 Å². The highest BCUT2D eigenvalue weighted by atomic mass is 32.1. The van der Waals surface area contributed by atoms with Gasteiger partial charge in [-0.3, -0.25) is 4.79 Å². The summed E-state index contributed by atoms with van der Waals surface area (Å²) in [5.74, 6) is 0.0823. The van der Waals surface area contributed by atoms with Gasteiger partial charge in [0, 0.05) is 11.1 Å². The van der Waals surface area contributed by atoms with Crippen LogP contribution in [-0.4, -0.2) is 16.1 Å². The molecule has 5 heteroatoms. The lowest BCUT2D eigenvalue weighted by atomic mass is 10.1. The number of hydrogen-bond donors (Lipinski definition) is 1. The third-order valence-corrected chi connectivity index (χ3v) is 4.12. The van der Waals surface area contributed by atoms with E-state index in [1.54, 1.807) is 6.20 Å². The first-order chi connectivity index (χ1) is 9.56. The molecular formula is C15H17NO3S. The summed E-state index contributed by atoms with van der Waals surface area (Å²) in [4.78, 5) is 15.8. The molecule has 0 bridgehead atoms. The summed E-state index contributed by atoms with van der Waals surface area (Å²) in [6, 6.07) is 5.97. The van der Waals surface area contributed by atoms with Gasteiger partial charge in [0.15, 0.2) is 0 Å². The van der Waals surface area contributed by atoms with Crippen molar-refractivity contribution in [3.63, 3.8) is 0 Å². The smallest absolute Gasteiger partial charge is 0.303 e. The molecule has 1 heterocycles. The maximum Gasteiger partial charge on any atom is 0.303 e. The molecule has 0 spiro atoms. The van der Waals surface area contributed by atoms with Gasteiger partial charge in [0.2, 0.25) is 0 Å². The predicted molar refractivity (Wildman–Crippen MR) is 78.3 cm³/mol. The van der Waals surface area contributed by atoms with Gasteiger partial charge in [-0.1, -0.05) is 12.1 Å². The number of hydrogen-bond acceptors (Lipinski definition) is 4. The molecular weight excluding hydrogens is 274 g/mol. The van der Waals surface area contributed by atoms with Crippen molar-refractivity contribution in [2.45, 2.75) is 33.3 Å². The fourth-order valence-corrected chi connectivity index (χ4v) is 2.62. The van der Waals surface area contributed by atoms with Crippen molar-refractivity contribution in [1.82, 2.24) is 4.98 Å². The zero-order valence-electron chi connectivity index (χ0n) is 11.5. The van der Waals surface area contributed by atoms with Crippen LogP contribution in [0.25, 0.3) is 0 Å². The van der Waals surface area contributed by atoms with Gasteiger partial charge in [-0.25, -0.2) is 4.98 Å². The number of nitrogens with zero attached hydrogens (tertiary/aromatic N) is 1. The molecule has 0 saturated heterocycles. The van der Waals surface area contributed by atoms with Crippen LogP contribution in [0.2, 0.25) is 0 Å². The Morgan fingerprint density at radius 3 is 2.95 bits per heavy atom. The van der Waals surface area contributed by atoms with Crippen molar-refractivity contribution >= 4 is 17.3 Å². The molecule has 1 N–H and O–H groups in total. The second kappa shape index (κ2) is 6.52. The SMILES string of the molecule is Cc1cccc(OCc2ncc(CCC(=O)O)s2)c1C. The molecule has 0 atom stereocenters. The Labute approximate surface area is 122 Å². The lowest BCUT2D eigenvalue weighted by Gasteiger charge is -2.09. The van der Waals surface area contributed by atoms with Crippen LogP contribution in [0.1, 0.15) is 27.4 Å². The van der Waals surface area contributed by atoms with E-state index >= 15 is 0 Å². The maximum atomic E-state index is 10.5. The van der Waals surface area contributed by atoms with Crippen molar-refractivity contribution in [1.29, 1.82) is 0 Å². The topological polar surface area (TPSA) is 59.4 Å². The van der Waals surface area contributed by atoms with Gasteiger partial charge in [0.05, 0.1) is 6.42 Å².